The SMILES string of the molecule is CSc1ccc(C(O)Cc2ccc(Br)cc2)cc1. The third-order valence-corrected chi connectivity index (χ3v) is 4.12. The van der Waals surface area contributed by atoms with E-state index >= 15 is 0 Å². The Balaban J connectivity index is 2.06. The van der Waals surface area contributed by atoms with Gasteiger partial charge in [-0.2, -0.15) is 0 Å². The first-order valence-corrected chi connectivity index (χ1v) is 7.77. The molecule has 0 fully saturated rings. The van der Waals surface area contributed by atoms with Crippen LogP contribution in [0.5, 0.6) is 0 Å². The van der Waals surface area contributed by atoms with Gasteiger partial charge in [0, 0.05) is 15.8 Å². The molecule has 0 aliphatic rings. The highest BCUT2D eigenvalue weighted by molar-refractivity contribution is 9.10. The fourth-order valence-corrected chi connectivity index (χ4v) is 2.46. The Kier molecular flexibility index (Phi) is 4.87. The van der Waals surface area contributed by atoms with Gasteiger partial charge in [0.05, 0.1) is 6.10 Å². The Bertz CT molecular complexity index is 493. The number of rotatable bonds is 4. The van der Waals surface area contributed by atoms with E-state index in [2.05, 4.69) is 15.9 Å². The molecule has 0 amide bonds. The van der Waals surface area contributed by atoms with Gasteiger partial charge in [-0.3, -0.25) is 0 Å². The Morgan fingerprint density at radius 1 is 1.06 bits per heavy atom. The fraction of sp³-hybridized carbons (Fsp3) is 0.200. The van der Waals surface area contributed by atoms with Gasteiger partial charge in [-0.05, 0) is 41.6 Å². The minimum Gasteiger partial charge on any atom is -0.388 e. The molecule has 0 spiro atoms. The molecule has 2 aromatic carbocycles. The van der Waals surface area contributed by atoms with Crippen molar-refractivity contribution in [2.24, 2.45) is 0 Å². The number of halogens is 1. The summed E-state index contributed by atoms with van der Waals surface area (Å²) in [5.41, 5.74) is 2.11. The van der Waals surface area contributed by atoms with Crippen LogP contribution < -0.4 is 0 Å². The minimum absolute atomic E-state index is 0.443. The lowest BCUT2D eigenvalue weighted by atomic mass is 10.0. The number of aliphatic hydroxyl groups is 1. The van der Waals surface area contributed by atoms with Gasteiger partial charge in [0.25, 0.3) is 0 Å². The van der Waals surface area contributed by atoms with Gasteiger partial charge in [0.15, 0.2) is 0 Å². The van der Waals surface area contributed by atoms with Crippen molar-refractivity contribution in [3.63, 3.8) is 0 Å². The highest BCUT2D eigenvalue weighted by atomic mass is 79.9. The summed E-state index contributed by atoms with van der Waals surface area (Å²) in [4.78, 5) is 1.22. The van der Waals surface area contributed by atoms with E-state index in [0.717, 1.165) is 15.6 Å². The lowest BCUT2D eigenvalue weighted by Crippen LogP contribution is -2.01. The van der Waals surface area contributed by atoms with Gasteiger partial charge < -0.3 is 5.11 Å². The minimum atomic E-state index is -0.443. The van der Waals surface area contributed by atoms with Gasteiger partial charge in [0.1, 0.15) is 0 Å². The maximum Gasteiger partial charge on any atom is 0.0830 e. The number of benzene rings is 2. The summed E-state index contributed by atoms with van der Waals surface area (Å²) >= 11 is 5.12. The molecular formula is C15H15BrOS. The highest BCUT2D eigenvalue weighted by Crippen LogP contribution is 2.22. The zero-order valence-corrected chi connectivity index (χ0v) is 12.5. The van der Waals surface area contributed by atoms with Gasteiger partial charge in [-0.25, -0.2) is 0 Å². The van der Waals surface area contributed by atoms with Crippen molar-refractivity contribution in [3.8, 4) is 0 Å². The number of hydrogen-bond acceptors (Lipinski definition) is 2. The van der Waals surface area contributed by atoms with Gasteiger partial charge in [-0.1, -0.05) is 40.2 Å². The molecule has 1 nitrogen and oxygen atoms in total. The lowest BCUT2D eigenvalue weighted by Gasteiger charge is -2.11. The maximum absolute atomic E-state index is 10.2. The number of thioether (sulfide) groups is 1. The third kappa shape index (κ3) is 3.61. The standard InChI is InChI=1S/C15H15BrOS/c1-18-14-8-4-12(5-9-14)15(17)10-11-2-6-13(16)7-3-11/h2-9,15,17H,10H2,1H3. The van der Waals surface area contributed by atoms with Crippen molar-refractivity contribution < 1.29 is 5.11 Å². The third-order valence-electron chi connectivity index (χ3n) is 2.84. The molecule has 1 N–H and O–H groups in total. The van der Waals surface area contributed by atoms with E-state index < -0.39 is 6.10 Å². The van der Waals surface area contributed by atoms with Gasteiger partial charge in [0.2, 0.25) is 0 Å². The van der Waals surface area contributed by atoms with Crippen molar-refractivity contribution in [2.45, 2.75) is 17.4 Å². The summed E-state index contributed by atoms with van der Waals surface area (Å²) in [6.45, 7) is 0. The Morgan fingerprint density at radius 2 is 1.67 bits per heavy atom. The van der Waals surface area contributed by atoms with E-state index in [0.29, 0.717) is 6.42 Å². The Morgan fingerprint density at radius 3 is 2.22 bits per heavy atom. The molecule has 0 radical (unpaired) electrons. The van der Waals surface area contributed by atoms with Crippen LogP contribution in [0.4, 0.5) is 0 Å². The molecule has 94 valence electrons. The summed E-state index contributed by atoms with van der Waals surface area (Å²) in [6.07, 6.45) is 2.25. The van der Waals surface area contributed by atoms with Crippen LogP contribution in [0.3, 0.4) is 0 Å². The average Bonchev–Trinajstić information content (AvgIpc) is 2.41. The summed E-state index contributed by atoms with van der Waals surface area (Å²) in [6, 6.07) is 16.1. The molecule has 0 bridgehead atoms. The molecule has 2 rings (SSSR count). The molecule has 3 heteroatoms. The second-order valence-corrected chi connectivity index (χ2v) is 5.91. The summed E-state index contributed by atoms with van der Waals surface area (Å²) < 4.78 is 1.06. The van der Waals surface area contributed by atoms with Crippen LogP contribution in [0.1, 0.15) is 17.2 Å². The van der Waals surface area contributed by atoms with E-state index in [1.807, 2.05) is 54.8 Å². The predicted octanol–water partition coefficient (Wildman–Crippen LogP) is 4.45. The molecule has 1 unspecified atom stereocenters. The van der Waals surface area contributed by atoms with Crippen LogP contribution in [0.15, 0.2) is 57.9 Å². The molecule has 0 saturated heterocycles. The molecule has 0 aliphatic heterocycles. The van der Waals surface area contributed by atoms with E-state index in [9.17, 15) is 5.11 Å². The van der Waals surface area contributed by atoms with E-state index in [-0.39, 0.29) is 0 Å². The maximum atomic E-state index is 10.2. The summed E-state index contributed by atoms with van der Waals surface area (Å²) in [7, 11) is 0. The summed E-state index contributed by atoms with van der Waals surface area (Å²) in [5.74, 6) is 0. The topological polar surface area (TPSA) is 20.2 Å². The van der Waals surface area contributed by atoms with Crippen LogP contribution in [-0.2, 0) is 6.42 Å². The Hall–Kier alpha value is -0.770. The van der Waals surface area contributed by atoms with E-state index in [1.165, 1.54) is 4.90 Å². The van der Waals surface area contributed by atoms with Crippen molar-refractivity contribution in [2.75, 3.05) is 6.26 Å². The first-order valence-electron chi connectivity index (χ1n) is 5.75. The fourth-order valence-electron chi connectivity index (χ4n) is 1.79. The zero-order chi connectivity index (χ0) is 13.0. The smallest absolute Gasteiger partial charge is 0.0830 e. The van der Waals surface area contributed by atoms with Crippen molar-refractivity contribution in [1.29, 1.82) is 0 Å². The van der Waals surface area contributed by atoms with Crippen LogP contribution in [0.2, 0.25) is 0 Å². The van der Waals surface area contributed by atoms with Crippen LogP contribution in [0, 0.1) is 0 Å². The monoisotopic (exact) mass is 322 g/mol. The largest absolute Gasteiger partial charge is 0.388 e. The number of hydrogen-bond donors (Lipinski definition) is 1. The normalized spacial score (nSPS) is 12.4. The zero-order valence-electron chi connectivity index (χ0n) is 10.1. The molecule has 2 aromatic rings. The average molecular weight is 323 g/mol. The molecule has 0 aromatic heterocycles. The quantitative estimate of drug-likeness (QED) is 0.839. The van der Waals surface area contributed by atoms with Gasteiger partial charge >= 0.3 is 0 Å². The predicted molar refractivity (Wildman–Crippen MR) is 81.0 cm³/mol. The molecule has 0 saturated carbocycles. The van der Waals surface area contributed by atoms with Crippen molar-refractivity contribution >= 4 is 27.7 Å². The summed E-state index contributed by atoms with van der Waals surface area (Å²) in [5, 5.41) is 10.2. The first-order chi connectivity index (χ1) is 8.69. The van der Waals surface area contributed by atoms with Crippen LogP contribution >= 0.6 is 27.7 Å². The second-order valence-electron chi connectivity index (χ2n) is 4.12. The number of aliphatic hydroxyl groups excluding tert-OH is 1. The first kappa shape index (κ1) is 13.7. The van der Waals surface area contributed by atoms with Gasteiger partial charge in [-0.15, -0.1) is 11.8 Å². The molecule has 18 heavy (non-hydrogen) atoms. The highest BCUT2D eigenvalue weighted by Gasteiger charge is 2.08. The lowest BCUT2D eigenvalue weighted by molar-refractivity contribution is 0.178. The molecule has 0 heterocycles. The van der Waals surface area contributed by atoms with Crippen LogP contribution in [0.25, 0.3) is 0 Å². The second kappa shape index (κ2) is 6.41. The molecular weight excluding hydrogens is 308 g/mol. The van der Waals surface area contributed by atoms with E-state index in [1.54, 1.807) is 11.8 Å². The molecule has 1 atom stereocenters. The Labute approximate surface area is 120 Å². The molecule has 0 aliphatic carbocycles. The van der Waals surface area contributed by atoms with E-state index in [4.69, 9.17) is 0 Å². The van der Waals surface area contributed by atoms with Crippen LogP contribution in [-0.4, -0.2) is 11.4 Å². The van der Waals surface area contributed by atoms with Crippen molar-refractivity contribution in [1.82, 2.24) is 0 Å². The van der Waals surface area contributed by atoms with Crippen molar-refractivity contribution in [3.05, 3.63) is 64.1 Å².